The number of hydrogen-bond donors (Lipinski definition) is 2. The average Bonchev–Trinajstić information content (AvgIpc) is 3.13. The lowest BCUT2D eigenvalue weighted by Crippen LogP contribution is -2.29. The molecule has 3 heterocycles. The Morgan fingerprint density at radius 1 is 1.32 bits per heavy atom. The van der Waals surface area contributed by atoms with Gasteiger partial charge in [0, 0.05) is 11.9 Å². The number of aryl methyl sites for hydroxylation is 1. The molecule has 1 atom stereocenters. The molecule has 1 aromatic carbocycles. The van der Waals surface area contributed by atoms with Gasteiger partial charge in [-0.15, -0.1) is 0 Å². The van der Waals surface area contributed by atoms with Gasteiger partial charge < -0.3 is 10.6 Å². The summed E-state index contributed by atoms with van der Waals surface area (Å²) in [6.45, 7) is 5.99. The summed E-state index contributed by atoms with van der Waals surface area (Å²) in [6, 6.07) is 9.38. The van der Waals surface area contributed by atoms with Gasteiger partial charge in [-0.25, -0.2) is 15.0 Å². The lowest BCUT2D eigenvalue weighted by molar-refractivity contribution is -0.111. The van der Waals surface area contributed by atoms with Gasteiger partial charge in [0.2, 0.25) is 5.91 Å². The molecule has 0 radical (unpaired) electrons. The van der Waals surface area contributed by atoms with Gasteiger partial charge in [-0.3, -0.25) is 14.4 Å². The second-order valence-electron chi connectivity index (χ2n) is 6.32. The summed E-state index contributed by atoms with van der Waals surface area (Å²) in [4.78, 5) is 29.5. The van der Waals surface area contributed by atoms with Crippen LogP contribution in [0.3, 0.4) is 0 Å². The highest BCUT2D eigenvalue weighted by atomic mass is 16.1. The number of carbonyl (C=O) groups excluding carboxylic acids is 1. The van der Waals surface area contributed by atoms with E-state index in [9.17, 15) is 4.79 Å². The Balaban J connectivity index is 1.64. The van der Waals surface area contributed by atoms with Crippen molar-refractivity contribution in [2.75, 3.05) is 17.2 Å². The highest BCUT2D eigenvalue weighted by molar-refractivity contribution is 6.32. The van der Waals surface area contributed by atoms with Crippen LogP contribution < -0.4 is 10.6 Å². The molecule has 1 aliphatic rings. The first-order valence-corrected chi connectivity index (χ1v) is 8.81. The Morgan fingerprint density at radius 3 is 3.04 bits per heavy atom. The van der Waals surface area contributed by atoms with Crippen LogP contribution in [0.4, 0.5) is 11.5 Å². The summed E-state index contributed by atoms with van der Waals surface area (Å²) in [6.07, 6.45) is 6.17. The van der Waals surface area contributed by atoms with Crippen molar-refractivity contribution in [3.63, 3.8) is 0 Å². The number of aromatic nitrogens is 3. The van der Waals surface area contributed by atoms with Crippen LogP contribution in [0.2, 0.25) is 0 Å². The largest absolute Gasteiger partial charge is 0.347 e. The number of amides is 1. The molecule has 0 bridgehead atoms. The Hall–Kier alpha value is -3.81. The van der Waals surface area contributed by atoms with Crippen LogP contribution in [0.1, 0.15) is 5.56 Å². The maximum Gasteiger partial charge on any atom is 0.247 e. The molecule has 140 valence electrons. The zero-order valence-corrected chi connectivity index (χ0v) is 15.3. The molecule has 4 rings (SSSR count). The summed E-state index contributed by atoms with van der Waals surface area (Å²) >= 11 is 0. The van der Waals surface area contributed by atoms with E-state index in [0.29, 0.717) is 18.1 Å². The average molecular weight is 373 g/mol. The highest BCUT2D eigenvalue weighted by Gasteiger charge is 2.16. The SMILES string of the molecule is C=CC(=O)Nc1ccc2ncn(C3=NC(Nc4ncccc4C)CN=C3)c2c1. The molecule has 0 saturated carbocycles. The molecule has 3 aromatic rings. The predicted octanol–water partition coefficient (Wildman–Crippen LogP) is 2.63. The Morgan fingerprint density at radius 2 is 2.21 bits per heavy atom. The zero-order valence-electron chi connectivity index (χ0n) is 15.3. The van der Waals surface area contributed by atoms with E-state index in [0.717, 1.165) is 22.4 Å². The summed E-state index contributed by atoms with van der Waals surface area (Å²) < 4.78 is 1.85. The third-order valence-electron chi connectivity index (χ3n) is 4.33. The van der Waals surface area contributed by atoms with Crippen LogP contribution in [-0.2, 0) is 4.79 Å². The molecule has 8 heteroatoms. The first-order valence-electron chi connectivity index (χ1n) is 8.81. The number of hydrogen-bond acceptors (Lipinski definition) is 6. The van der Waals surface area contributed by atoms with Crippen LogP contribution in [0.5, 0.6) is 0 Å². The van der Waals surface area contributed by atoms with Gasteiger partial charge in [0.25, 0.3) is 0 Å². The van der Waals surface area contributed by atoms with Gasteiger partial charge in [-0.05, 0) is 42.8 Å². The number of anilines is 2. The van der Waals surface area contributed by atoms with E-state index in [1.807, 2.05) is 35.8 Å². The fourth-order valence-electron chi connectivity index (χ4n) is 2.93. The third-order valence-corrected chi connectivity index (χ3v) is 4.33. The highest BCUT2D eigenvalue weighted by Crippen LogP contribution is 2.19. The summed E-state index contributed by atoms with van der Waals surface area (Å²) in [5, 5.41) is 6.08. The lowest BCUT2D eigenvalue weighted by atomic mass is 10.2. The number of nitrogens with zero attached hydrogens (tertiary/aromatic N) is 5. The molecule has 0 spiro atoms. The monoisotopic (exact) mass is 373 g/mol. The van der Waals surface area contributed by atoms with Crippen LogP contribution in [-0.4, -0.2) is 45.2 Å². The number of pyridine rings is 1. The molecular weight excluding hydrogens is 354 g/mol. The minimum Gasteiger partial charge on any atom is -0.347 e. The molecule has 1 unspecified atom stereocenters. The van der Waals surface area contributed by atoms with Crippen molar-refractivity contribution in [3.05, 3.63) is 61.1 Å². The number of carbonyl (C=O) groups is 1. The van der Waals surface area contributed by atoms with Gasteiger partial charge in [-0.2, -0.15) is 0 Å². The fraction of sp³-hybridized carbons (Fsp3) is 0.150. The van der Waals surface area contributed by atoms with Gasteiger partial charge in [0.15, 0.2) is 5.84 Å². The fourth-order valence-corrected chi connectivity index (χ4v) is 2.93. The normalized spacial score (nSPS) is 15.9. The van der Waals surface area contributed by atoms with Crippen LogP contribution in [0.15, 0.2) is 65.5 Å². The van der Waals surface area contributed by atoms with E-state index in [1.165, 1.54) is 6.08 Å². The standard InChI is InChI=1S/C20H19N7O/c1-3-19(28)24-14-6-7-15-16(9-14)27(12-23-15)18-11-21-10-17(25-18)26-20-13(2)5-4-8-22-20/h3-9,11-12,17H,1,10H2,2H3,(H,22,26)(H,24,28). The van der Waals surface area contributed by atoms with Crippen molar-refractivity contribution in [2.24, 2.45) is 9.98 Å². The summed E-state index contributed by atoms with van der Waals surface area (Å²) in [7, 11) is 0. The topological polar surface area (TPSA) is 96.6 Å². The van der Waals surface area contributed by atoms with Crippen molar-refractivity contribution in [1.29, 1.82) is 0 Å². The second kappa shape index (κ2) is 7.43. The molecule has 1 amide bonds. The maximum atomic E-state index is 11.6. The van der Waals surface area contributed by atoms with Crippen LogP contribution in [0, 0.1) is 6.92 Å². The molecule has 0 aliphatic carbocycles. The van der Waals surface area contributed by atoms with Crippen molar-refractivity contribution in [2.45, 2.75) is 13.1 Å². The zero-order chi connectivity index (χ0) is 19.5. The van der Waals surface area contributed by atoms with Crippen molar-refractivity contribution < 1.29 is 4.79 Å². The number of aliphatic imine (C=N–C) groups is 2. The third kappa shape index (κ3) is 3.52. The molecule has 28 heavy (non-hydrogen) atoms. The van der Waals surface area contributed by atoms with Crippen LogP contribution >= 0.6 is 0 Å². The van der Waals surface area contributed by atoms with Crippen LogP contribution in [0.25, 0.3) is 11.0 Å². The smallest absolute Gasteiger partial charge is 0.247 e. The maximum absolute atomic E-state index is 11.6. The van der Waals surface area contributed by atoms with E-state index in [-0.39, 0.29) is 12.1 Å². The number of imidazole rings is 1. The minimum atomic E-state index is -0.267. The lowest BCUT2D eigenvalue weighted by Gasteiger charge is -2.19. The van der Waals surface area contributed by atoms with E-state index in [4.69, 9.17) is 4.99 Å². The molecule has 2 N–H and O–H groups in total. The predicted molar refractivity (Wildman–Crippen MR) is 111 cm³/mol. The van der Waals surface area contributed by atoms with Gasteiger partial charge in [0.05, 0.1) is 23.8 Å². The number of rotatable bonds is 4. The summed E-state index contributed by atoms with van der Waals surface area (Å²) in [5.41, 5.74) is 3.32. The van der Waals surface area contributed by atoms with Gasteiger partial charge in [0.1, 0.15) is 18.3 Å². The molecule has 2 aromatic heterocycles. The number of benzene rings is 1. The number of nitrogens with one attached hydrogen (secondary N) is 2. The second-order valence-corrected chi connectivity index (χ2v) is 6.32. The van der Waals surface area contributed by atoms with Crippen molar-refractivity contribution in [1.82, 2.24) is 14.5 Å². The molecule has 1 aliphatic heterocycles. The Bertz CT molecular complexity index is 1110. The number of fused-ring (bicyclic) bond motifs is 1. The Labute approximate surface area is 161 Å². The molecule has 0 fully saturated rings. The molecular formula is C20H19N7O. The van der Waals surface area contributed by atoms with E-state index < -0.39 is 0 Å². The van der Waals surface area contributed by atoms with E-state index in [1.54, 1.807) is 24.8 Å². The first kappa shape index (κ1) is 17.6. The van der Waals surface area contributed by atoms with Gasteiger partial charge in [-0.1, -0.05) is 12.6 Å². The van der Waals surface area contributed by atoms with Gasteiger partial charge >= 0.3 is 0 Å². The minimum absolute atomic E-state index is 0.227. The van der Waals surface area contributed by atoms with E-state index in [2.05, 4.69) is 32.2 Å². The summed E-state index contributed by atoms with van der Waals surface area (Å²) in [5.74, 6) is 1.18. The quantitative estimate of drug-likeness (QED) is 0.687. The van der Waals surface area contributed by atoms with Crippen molar-refractivity contribution >= 4 is 40.5 Å². The molecule has 8 nitrogen and oxygen atoms in total. The first-order chi connectivity index (χ1) is 13.6. The Kier molecular flexibility index (Phi) is 4.67. The van der Waals surface area contributed by atoms with Crippen molar-refractivity contribution in [3.8, 4) is 0 Å². The van der Waals surface area contributed by atoms with E-state index >= 15 is 0 Å². The molecule has 0 saturated heterocycles.